The molecule has 0 spiro atoms. The molecule has 1 aromatic heterocycles. The van der Waals surface area contributed by atoms with Crippen LogP contribution in [0.4, 0.5) is 13.2 Å². The molecule has 0 saturated heterocycles. The third-order valence-corrected chi connectivity index (χ3v) is 3.88. The largest absolute Gasteiger partial charge is 0.573 e. The Balaban J connectivity index is 1.69. The summed E-state index contributed by atoms with van der Waals surface area (Å²) >= 11 is 0. The molecule has 6 nitrogen and oxygen atoms in total. The molecule has 0 saturated carbocycles. The highest BCUT2D eigenvalue weighted by Crippen LogP contribution is 2.22. The van der Waals surface area contributed by atoms with E-state index in [-0.39, 0.29) is 24.7 Å². The van der Waals surface area contributed by atoms with Gasteiger partial charge >= 0.3 is 6.36 Å². The van der Waals surface area contributed by atoms with Gasteiger partial charge in [-0.05, 0) is 29.8 Å². The fraction of sp³-hybridized carbons (Fsp3) is 0.158. The lowest BCUT2D eigenvalue weighted by Gasteiger charge is -2.12. The van der Waals surface area contributed by atoms with Crippen molar-refractivity contribution in [3.63, 3.8) is 0 Å². The molecule has 0 aliphatic rings. The number of aromatic nitrogens is 2. The number of ether oxygens (including phenoxy) is 1. The Morgan fingerprint density at radius 1 is 1.14 bits per heavy atom. The number of hydrogen-bond donors (Lipinski definition) is 2. The van der Waals surface area contributed by atoms with Crippen LogP contribution in [-0.4, -0.2) is 21.8 Å². The Hall–Kier alpha value is -3.33. The number of amides is 1. The molecule has 0 bridgehead atoms. The van der Waals surface area contributed by atoms with Crippen LogP contribution in [0, 0.1) is 0 Å². The fourth-order valence-electron chi connectivity index (χ4n) is 2.58. The van der Waals surface area contributed by atoms with Crippen molar-refractivity contribution in [3.8, 4) is 11.4 Å². The second kappa shape index (κ2) is 8.13. The summed E-state index contributed by atoms with van der Waals surface area (Å²) in [6, 6.07) is 12.3. The number of carbonyl (C=O) groups is 1. The number of rotatable bonds is 6. The Labute approximate surface area is 158 Å². The molecule has 3 N–H and O–H groups in total. The number of halogens is 3. The normalized spacial score (nSPS) is 11.3. The average Bonchev–Trinajstić information content (AvgIpc) is 3.15. The van der Waals surface area contributed by atoms with Gasteiger partial charge in [-0.2, -0.15) is 0 Å². The maximum Gasteiger partial charge on any atom is 0.573 e. The summed E-state index contributed by atoms with van der Waals surface area (Å²) in [5, 5.41) is 2.75. The van der Waals surface area contributed by atoms with Crippen molar-refractivity contribution in [2.24, 2.45) is 5.73 Å². The summed E-state index contributed by atoms with van der Waals surface area (Å²) in [5.74, 6) is -0.641. The average molecular weight is 390 g/mol. The molecule has 0 aliphatic carbocycles. The van der Waals surface area contributed by atoms with Gasteiger partial charge in [-0.25, -0.2) is 4.98 Å². The van der Waals surface area contributed by atoms with Gasteiger partial charge in [-0.1, -0.05) is 24.3 Å². The van der Waals surface area contributed by atoms with Crippen LogP contribution in [0.2, 0.25) is 0 Å². The summed E-state index contributed by atoms with van der Waals surface area (Å²) in [6.07, 6.45) is -1.42. The molecule has 146 valence electrons. The van der Waals surface area contributed by atoms with Crippen molar-refractivity contribution < 1.29 is 22.7 Å². The molecule has 3 rings (SSSR count). The van der Waals surface area contributed by atoms with Crippen LogP contribution in [0.3, 0.4) is 0 Å². The molecule has 0 fully saturated rings. The number of nitrogens with zero attached hydrogens (tertiary/aromatic N) is 2. The van der Waals surface area contributed by atoms with Crippen LogP contribution in [0.15, 0.2) is 61.1 Å². The Morgan fingerprint density at radius 2 is 1.86 bits per heavy atom. The highest BCUT2D eigenvalue weighted by atomic mass is 19.4. The third kappa shape index (κ3) is 4.89. The van der Waals surface area contributed by atoms with Crippen LogP contribution in [-0.2, 0) is 13.1 Å². The standard InChI is InChI=1S/C19H17F3N4O2/c20-19(21,22)28-15-7-5-13(6-8-15)10-24-18(27)16-3-1-2-4-17(16)26-11-14(9-23)25-12-26/h1-8,11-12H,9-10,23H2,(H,24,27). The Kier molecular flexibility index (Phi) is 5.65. The molecular formula is C19H17F3N4O2. The monoisotopic (exact) mass is 390 g/mol. The molecule has 1 amide bonds. The molecular weight excluding hydrogens is 373 g/mol. The van der Waals surface area contributed by atoms with Crippen LogP contribution in [0.25, 0.3) is 5.69 Å². The van der Waals surface area contributed by atoms with E-state index in [0.29, 0.717) is 22.5 Å². The molecule has 0 atom stereocenters. The van der Waals surface area contributed by atoms with Crippen LogP contribution in [0.1, 0.15) is 21.6 Å². The van der Waals surface area contributed by atoms with E-state index < -0.39 is 6.36 Å². The summed E-state index contributed by atoms with van der Waals surface area (Å²) in [6.45, 7) is 0.437. The zero-order chi connectivity index (χ0) is 20.1. The van der Waals surface area contributed by atoms with Crippen molar-refractivity contribution in [3.05, 3.63) is 77.9 Å². The van der Waals surface area contributed by atoms with E-state index in [4.69, 9.17) is 5.73 Å². The highest BCUT2D eigenvalue weighted by Gasteiger charge is 2.30. The van der Waals surface area contributed by atoms with E-state index in [0.717, 1.165) is 0 Å². The minimum Gasteiger partial charge on any atom is -0.406 e. The Morgan fingerprint density at radius 3 is 2.50 bits per heavy atom. The predicted molar refractivity (Wildman–Crippen MR) is 95.8 cm³/mol. The second-order valence-electron chi connectivity index (χ2n) is 5.87. The van der Waals surface area contributed by atoms with E-state index in [1.54, 1.807) is 41.4 Å². The first-order chi connectivity index (χ1) is 13.4. The van der Waals surface area contributed by atoms with Crippen LogP contribution in [0.5, 0.6) is 5.75 Å². The SMILES string of the molecule is NCc1cn(-c2ccccc2C(=O)NCc2ccc(OC(F)(F)F)cc2)cn1. The van der Waals surface area contributed by atoms with Gasteiger partial charge in [0.1, 0.15) is 5.75 Å². The van der Waals surface area contributed by atoms with Crippen molar-refractivity contribution in [2.45, 2.75) is 19.5 Å². The summed E-state index contributed by atoms with van der Waals surface area (Å²) in [4.78, 5) is 16.8. The van der Waals surface area contributed by atoms with E-state index in [1.165, 1.54) is 24.3 Å². The number of imidazole rings is 1. The number of benzene rings is 2. The van der Waals surface area contributed by atoms with Crippen LogP contribution >= 0.6 is 0 Å². The van der Waals surface area contributed by atoms with Crippen molar-refractivity contribution >= 4 is 5.91 Å². The number of nitrogens with two attached hydrogens (primary N) is 1. The third-order valence-electron chi connectivity index (χ3n) is 3.88. The first kappa shape index (κ1) is 19.4. The first-order valence-corrected chi connectivity index (χ1v) is 8.31. The Bertz CT molecular complexity index is 952. The highest BCUT2D eigenvalue weighted by molar-refractivity contribution is 5.97. The molecule has 0 aliphatic heterocycles. The van der Waals surface area contributed by atoms with Gasteiger partial charge in [0.2, 0.25) is 0 Å². The van der Waals surface area contributed by atoms with Crippen LogP contribution < -0.4 is 15.8 Å². The molecule has 2 aromatic carbocycles. The molecule has 3 aromatic rings. The van der Waals surface area contributed by atoms with Gasteiger partial charge in [-0.3, -0.25) is 4.79 Å². The van der Waals surface area contributed by atoms with Gasteiger partial charge in [0.15, 0.2) is 0 Å². The van der Waals surface area contributed by atoms with Crippen molar-refractivity contribution in [1.29, 1.82) is 0 Å². The lowest BCUT2D eigenvalue weighted by Crippen LogP contribution is -2.24. The number of nitrogens with one attached hydrogen (secondary N) is 1. The van der Waals surface area contributed by atoms with Crippen molar-refractivity contribution in [1.82, 2.24) is 14.9 Å². The van der Waals surface area contributed by atoms with Crippen molar-refractivity contribution in [2.75, 3.05) is 0 Å². The van der Waals surface area contributed by atoms with E-state index in [1.807, 2.05) is 0 Å². The van der Waals surface area contributed by atoms with Gasteiger partial charge in [0.25, 0.3) is 5.91 Å². The molecule has 1 heterocycles. The lowest BCUT2D eigenvalue weighted by molar-refractivity contribution is -0.274. The molecule has 28 heavy (non-hydrogen) atoms. The zero-order valence-electron chi connectivity index (χ0n) is 14.6. The maximum atomic E-state index is 12.6. The summed E-state index contributed by atoms with van der Waals surface area (Å²) in [5.41, 5.74) is 7.96. The maximum absolute atomic E-state index is 12.6. The van der Waals surface area contributed by atoms with E-state index in [2.05, 4.69) is 15.0 Å². The summed E-state index contributed by atoms with van der Waals surface area (Å²) < 4.78 is 42.1. The zero-order valence-corrected chi connectivity index (χ0v) is 14.6. The quantitative estimate of drug-likeness (QED) is 0.677. The summed E-state index contributed by atoms with van der Waals surface area (Å²) in [7, 11) is 0. The fourth-order valence-corrected chi connectivity index (χ4v) is 2.58. The predicted octanol–water partition coefficient (Wildman–Crippen LogP) is 3.16. The first-order valence-electron chi connectivity index (χ1n) is 8.31. The van der Waals surface area contributed by atoms with Gasteiger partial charge in [0, 0.05) is 19.3 Å². The molecule has 0 radical (unpaired) electrons. The molecule has 9 heteroatoms. The minimum absolute atomic E-state index is 0.150. The number of hydrogen-bond acceptors (Lipinski definition) is 4. The number of carbonyl (C=O) groups excluding carboxylic acids is 1. The number of alkyl halides is 3. The smallest absolute Gasteiger partial charge is 0.406 e. The number of para-hydroxylation sites is 1. The van der Waals surface area contributed by atoms with Gasteiger partial charge in [0.05, 0.1) is 23.3 Å². The second-order valence-corrected chi connectivity index (χ2v) is 5.87. The van der Waals surface area contributed by atoms with Gasteiger partial charge in [-0.15, -0.1) is 13.2 Å². The van der Waals surface area contributed by atoms with E-state index in [9.17, 15) is 18.0 Å². The lowest BCUT2D eigenvalue weighted by atomic mass is 10.1. The molecule has 0 unspecified atom stereocenters. The minimum atomic E-state index is -4.74. The van der Waals surface area contributed by atoms with E-state index >= 15 is 0 Å². The van der Waals surface area contributed by atoms with Gasteiger partial charge < -0.3 is 20.4 Å². The topological polar surface area (TPSA) is 82.2 Å².